The maximum Gasteiger partial charge on any atom is 0.318 e. The molecule has 3 rings (SSSR count). The van der Waals surface area contributed by atoms with Crippen molar-refractivity contribution in [2.45, 2.75) is 33.2 Å². The lowest BCUT2D eigenvalue weighted by atomic mass is 9.92. The van der Waals surface area contributed by atoms with E-state index in [2.05, 4.69) is 28.2 Å². The molecule has 1 saturated heterocycles. The van der Waals surface area contributed by atoms with E-state index >= 15 is 0 Å². The zero-order chi connectivity index (χ0) is 21.2. The highest BCUT2D eigenvalue weighted by Gasteiger charge is 2.29. The molecule has 29 heavy (non-hydrogen) atoms. The van der Waals surface area contributed by atoms with Crippen molar-refractivity contribution >= 4 is 17.5 Å². The van der Waals surface area contributed by atoms with Crippen LogP contribution in [0.3, 0.4) is 0 Å². The first-order chi connectivity index (χ1) is 13.7. The molecule has 2 aromatic rings. The van der Waals surface area contributed by atoms with E-state index in [0.29, 0.717) is 31.9 Å². The summed E-state index contributed by atoms with van der Waals surface area (Å²) in [6, 6.07) is 9.68. The summed E-state index contributed by atoms with van der Waals surface area (Å²) < 4.78 is 0. The third-order valence-corrected chi connectivity index (χ3v) is 5.28. The van der Waals surface area contributed by atoms with Gasteiger partial charge in [0.25, 0.3) is 5.91 Å². The fraction of sp³-hybridized carbons (Fsp3) is 0.409. The maximum absolute atomic E-state index is 12.8. The van der Waals surface area contributed by atoms with Crippen LogP contribution in [0.15, 0.2) is 36.9 Å². The molecular weight excluding hydrogens is 366 g/mol. The Labute approximate surface area is 171 Å². The average molecular weight is 396 g/mol. The number of nitrogens with zero attached hydrogens (tertiary/aromatic N) is 3. The van der Waals surface area contributed by atoms with Gasteiger partial charge >= 0.3 is 6.03 Å². The number of nitrogens with one attached hydrogen (secondary N) is 2. The van der Waals surface area contributed by atoms with Crippen LogP contribution in [0.1, 0.15) is 48.1 Å². The summed E-state index contributed by atoms with van der Waals surface area (Å²) >= 11 is 0. The number of carbonyl (C=O) groups is 2. The number of hydrogen-bond acceptors (Lipinski definition) is 3. The van der Waals surface area contributed by atoms with Crippen LogP contribution < -0.4 is 5.32 Å². The van der Waals surface area contributed by atoms with E-state index in [9.17, 15) is 9.59 Å². The van der Waals surface area contributed by atoms with Crippen molar-refractivity contribution < 1.29 is 9.59 Å². The minimum absolute atomic E-state index is 0.105. The molecule has 7 nitrogen and oxygen atoms in total. The van der Waals surface area contributed by atoms with E-state index in [-0.39, 0.29) is 11.9 Å². The third-order valence-electron chi connectivity index (χ3n) is 5.28. The molecule has 0 saturated carbocycles. The topological polar surface area (TPSA) is 81.3 Å². The van der Waals surface area contributed by atoms with Gasteiger partial charge in [0.15, 0.2) is 0 Å². The fourth-order valence-electron chi connectivity index (χ4n) is 3.39. The molecule has 7 heteroatoms. The van der Waals surface area contributed by atoms with Gasteiger partial charge in [0, 0.05) is 31.9 Å². The van der Waals surface area contributed by atoms with Gasteiger partial charge in [-0.15, -0.1) is 0 Å². The maximum atomic E-state index is 12.8. The van der Waals surface area contributed by atoms with Gasteiger partial charge in [-0.25, -0.2) is 4.79 Å². The molecule has 1 aliphatic rings. The molecule has 1 aromatic carbocycles. The lowest BCUT2D eigenvalue weighted by molar-refractivity contribution is 0.0655. The summed E-state index contributed by atoms with van der Waals surface area (Å²) in [6.07, 6.45) is 0. The first-order valence-corrected chi connectivity index (χ1v) is 9.82. The molecule has 1 aliphatic heterocycles. The molecule has 0 bridgehead atoms. The summed E-state index contributed by atoms with van der Waals surface area (Å²) in [5, 5.41) is 9.95. The van der Waals surface area contributed by atoms with Gasteiger partial charge in [0.1, 0.15) is 5.69 Å². The molecule has 0 spiro atoms. The molecule has 0 atom stereocenters. The minimum atomic E-state index is -0.526. The number of aromatic amines is 1. The number of carbonyl (C=O) groups excluding carboxylic acids is 2. The van der Waals surface area contributed by atoms with Gasteiger partial charge in [-0.3, -0.25) is 9.89 Å². The number of allylic oxidation sites excluding steroid dienone is 1. The van der Waals surface area contributed by atoms with Crippen LogP contribution >= 0.6 is 0 Å². The highest BCUT2D eigenvalue weighted by atomic mass is 16.2. The van der Waals surface area contributed by atoms with Crippen molar-refractivity contribution in [3.8, 4) is 0 Å². The Morgan fingerprint density at radius 3 is 2.38 bits per heavy atom. The third kappa shape index (κ3) is 4.67. The Morgan fingerprint density at radius 2 is 1.79 bits per heavy atom. The van der Waals surface area contributed by atoms with Gasteiger partial charge in [0.2, 0.25) is 0 Å². The van der Waals surface area contributed by atoms with Crippen LogP contribution in [0.5, 0.6) is 0 Å². The monoisotopic (exact) mass is 395 g/mol. The van der Waals surface area contributed by atoms with Crippen molar-refractivity contribution in [3.05, 3.63) is 59.4 Å². The molecule has 2 N–H and O–H groups in total. The van der Waals surface area contributed by atoms with Crippen LogP contribution in [0, 0.1) is 6.92 Å². The first kappa shape index (κ1) is 20.6. The zero-order valence-electron chi connectivity index (χ0n) is 17.6. The Bertz CT molecular complexity index is 923. The summed E-state index contributed by atoms with van der Waals surface area (Å²) in [4.78, 5) is 28.8. The standard InChI is InChI=1S/C22H29N5O2/c1-15(2)17-7-6-8-18(14-17)22(4,5)23-21(29)27-11-9-26(10-12-27)20(28)19-13-16(3)24-25-19/h6-8,13-14H,1,9-12H2,2-5H3,(H,23,29)(H,24,25). The van der Waals surface area contributed by atoms with Crippen LogP contribution in [0.25, 0.3) is 5.57 Å². The number of piperazine rings is 1. The van der Waals surface area contributed by atoms with Crippen molar-refractivity contribution in [3.63, 3.8) is 0 Å². The van der Waals surface area contributed by atoms with Gasteiger partial charge < -0.3 is 15.1 Å². The van der Waals surface area contributed by atoms with Crippen molar-refractivity contribution in [1.29, 1.82) is 0 Å². The van der Waals surface area contributed by atoms with Gasteiger partial charge in [-0.1, -0.05) is 30.4 Å². The molecule has 3 amide bonds. The van der Waals surface area contributed by atoms with E-state index in [1.165, 1.54) is 0 Å². The van der Waals surface area contributed by atoms with E-state index in [4.69, 9.17) is 0 Å². The lowest BCUT2D eigenvalue weighted by Gasteiger charge is -2.37. The number of H-pyrrole nitrogens is 1. The SMILES string of the molecule is C=C(C)c1cccc(C(C)(C)NC(=O)N2CCN(C(=O)c3cc(C)[nH]n3)CC2)c1. The van der Waals surface area contributed by atoms with E-state index in [0.717, 1.165) is 22.4 Å². The predicted molar refractivity (Wildman–Crippen MR) is 114 cm³/mol. The number of aromatic nitrogens is 2. The van der Waals surface area contributed by atoms with E-state index in [1.54, 1.807) is 15.9 Å². The van der Waals surface area contributed by atoms with E-state index < -0.39 is 5.54 Å². The van der Waals surface area contributed by atoms with Crippen LogP contribution in [0.2, 0.25) is 0 Å². The van der Waals surface area contributed by atoms with Crippen molar-refractivity contribution in [1.82, 2.24) is 25.3 Å². The van der Waals surface area contributed by atoms with Crippen molar-refractivity contribution in [2.24, 2.45) is 0 Å². The fourth-order valence-corrected chi connectivity index (χ4v) is 3.39. The van der Waals surface area contributed by atoms with E-state index in [1.807, 2.05) is 45.9 Å². The quantitative estimate of drug-likeness (QED) is 0.834. The largest absolute Gasteiger partial charge is 0.334 e. The highest BCUT2D eigenvalue weighted by molar-refractivity contribution is 5.92. The first-order valence-electron chi connectivity index (χ1n) is 9.82. The van der Waals surface area contributed by atoms with Crippen LogP contribution in [0.4, 0.5) is 4.79 Å². The molecule has 1 aromatic heterocycles. The van der Waals surface area contributed by atoms with Gasteiger partial charge in [0.05, 0.1) is 5.54 Å². The Balaban J connectivity index is 1.60. The molecule has 0 unspecified atom stereocenters. The minimum Gasteiger partial charge on any atom is -0.334 e. The second-order valence-corrected chi connectivity index (χ2v) is 8.13. The summed E-state index contributed by atoms with van der Waals surface area (Å²) in [6.45, 7) is 13.8. The molecule has 1 fully saturated rings. The lowest BCUT2D eigenvalue weighted by Crippen LogP contribution is -2.55. The molecule has 154 valence electrons. The summed E-state index contributed by atoms with van der Waals surface area (Å²) in [5.74, 6) is -0.105. The predicted octanol–water partition coefficient (Wildman–Crippen LogP) is 3.15. The number of benzene rings is 1. The van der Waals surface area contributed by atoms with Crippen molar-refractivity contribution in [2.75, 3.05) is 26.2 Å². The second-order valence-electron chi connectivity index (χ2n) is 8.13. The second kappa shape index (κ2) is 8.11. The van der Waals surface area contributed by atoms with Crippen LogP contribution in [-0.4, -0.2) is 58.1 Å². The van der Waals surface area contributed by atoms with Gasteiger partial charge in [-0.2, -0.15) is 5.10 Å². The molecule has 0 radical (unpaired) electrons. The zero-order valence-corrected chi connectivity index (χ0v) is 17.6. The summed E-state index contributed by atoms with van der Waals surface area (Å²) in [7, 11) is 0. The molecular formula is C22H29N5O2. The van der Waals surface area contributed by atoms with Crippen LogP contribution in [-0.2, 0) is 5.54 Å². The number of aryl methyl sites for hydroxylation is 1. The summed E-state index contributed by atoms with van der Waals surface area (Å²) in [5.41, 5.74) is 3.81. The number of urea groups is 1. The smallest absolute Gasteiger partial charge is 0.318 e. The number of hydrogen-bond donors (Lipinski definition) is 2. The highest BCUT2D eigenvalue weighted by Crippen LogP contribution is 2.24. The molecule has 2 heterocycles. The number of rotatable bonds is 4. The number of amides is 3. The normalized spacial score (nSPS) is 14.6. The average Bonchev–Trinajstić information content (AvgIpc) is 3.13. The molecule has 0 aliphatic carbocycles. The van der Waals surface area contributed by atoms with Gasteiger partial charge in [-0.05, 0) is 51.0 Å². The Hall–Kier alpha value is -3.09. The Kier molecular flexibility index (Phi) is 5.77. The Morgan fingerprint density at radius 1 is 1.14 bits per heavy atom.